The molecule has 1 saturated carbocycles. The molecule has 0 radical (unpaired) electrons. The van der Waals surface area contributed by atoms with E-state index in [1.807, 2.05) is 6.07 Å². The van der Waals surface area contributed by atoms with Gasteiger partial charge in [0.05, 0.1) is 0 Å². The summed E-state index contributed by atoms with van der Waals surface area (Å²) in [6, 6.07) is 16.1. The van der Waals surface area contributed by atoms with Crippen LogP contribution in [0.3, 0.4) is 0 Å². The topological polar surface area (TPSA) is 27.8 Å². The van der Waals surface area contributed by atoms with Gasteiger partial charge in [-0.2, -0.15) is 0 Å². The first-order chi connectivity index (χ1) is 13.2. The summed E-state index contributed by atoms with van der Waals surface area (Å²) < 4.78 is 13.8. The number of aromatic amines is 1. The summed E-state index contributed by atoms with van der Waals surface area (Å²) in [4.78, 5) is 3.70. The summed E-state index contributed by atoms with van der Waals surface area (Å²) in [5.74, 6) is -0.133. The summed E-state index contributed by atoms with van der Waals surface area (Å²) >= 11 is 0. The quantitative estimate of drug-likeness (QED) is 0.613. The molecule has 0 aliphatic heterocycles. The lowest BCUT2D eigenvalue weighted by Crippen LogP contribution is -2.48. The van der Waals surface area contributed by atoms with Gasteiger partial charge in [0.15, 0.2) is 0 Å². The molecule has 1 heterocycles. The van der Waals surface area contributed by atoms with Gasteiger partial charge in [-0.25, -0.2) is 4.39 Å². The van der Waals surface area contributed by atoms with Crippen molar-refractivity contribution >= 4 is 10.9 Å². The minimum Gasteiger partial charge on any atom is -0.358 e. The van der Waals surface area contributed by atoms with Gasteiger partial charge in [0.25, 0.3) is 0 Å². The van der Waals surface area contributed by atoms with E-state index in [1.54, 1.807) is 12.1 Å². The lowest BCUT2D eigenvalue weighted by molar-refractivity contribution is 0.152. The van der Waals surface area contributed by atoms with E-state index >= 15 is 0 Å². The Balaban J connectivity index is 1.53. The normalized spacial score (nSPS) is 27.8. The Morgan fingerprint density at radius 2 is 1.74 bits per heavy atom. The SMILES string of the molecule is CNC1(c2ccccc2)CCC2(CCCc3c2[nH]c2ccc(F)cc32)CC1. The van der Waals surface area contributed by atoms with E-state index in [9.17, 15) is 4.39 Å². The molecule has 0 amide bonds. The van der Waals surface area contributed by atoms with Crippen LogP contribution in [0.4, 0.5) is 4.39 Å². The van der Waals surface area contributed by atoms with E-state index < -0.39 is 0 Å². The van der Waals surface area contributed by atoms with E-state index in [-0.39, 0.29) is 16.8 Å². The number of halogens is 1. The Morgan fingerprint density at radius 1 is 0.963 bits per heavy atom. The van der Waals surface area contributed by atoms with Crippen LogP contribution in [0.25, 0.3) is 10.9 Å². The van der Waals surface area contributed by atoms with Crippen molar-refractivity contribution in [3.8, 4) is 0 Å². The highest BCUT2D eigenvalue weighted by molar-refractivity contribution is 5.85. The largest absolute Gasteiger partial charge is 0.358 e. The smallest absolute Gasteiger partial charge is 0.123 e. The van der Waals surface area contributed by atoms with Gasteiger partial charge in [0, 0.05) is 27.6 Å². The highest BCUT2D eigenvalue weighted by Gasteiger charge is 2.46. The first-order valence-electron chi connectivity index (χ1n) is 10.2. The Morgan fingerprint density at radius 3 is 2.48 bits per heavy atom. The average molecular weight is 362 g/mol. The van der Waals surface area contributed by atoms with Crippen molar-refractivity contribution in [3.63, 3.8) is 0 Å². The zero-order valence-corrected chi connectivity index (χ0v) is 15.9. The van der Waals surface area contributed by atoms with E-state index in [4.69, 9.17) is 0 Å². The molecule has 0 unspecified atom stereocenters. The van der Waals surface area contributed by atoms with Crippen LogP contribution in [-0.4, -0.2) is 12.0 Å². The zero-order chi connectivity index (χ0) is 18.5. The van der Waals surface area contributed by atoms with Crippen molar-refractivity contribution < 1.29 is 4.39 Å². The molecule has 3 heteroatoms. The molecule has 0 bridgehead atoms. The second kappa shape index (κ2) is 6.20. The average Bonchev–Trinajstić information content (AvgIpc) is 3.09. The number of aromatic nitrogens is 1. The number of hydrogen-bond donors (Lipinski definition) is 2. The molecular weight excluding hydrogens is 335 g/mol. The summed E-state index contributed by atoms with van der Waals surface area (Å²) in [5.41, 5.74) is 5.55. The lowest BCUT2D eigenvalue weighted by Gasteiger charge is -2.48. The summed E-state index contributed by atoms with van der Waals surface area (Å²) in [6.45, 7) is 0. The maximum Gasteiger partial charge on any atom is 0.123 e. The summed E-state index contributed by atoms with van der Waals surface area (Å²) in [5, 5.41) is 4.75. The molecule has 5 rings (SSSR count). The van der Waals surface area contributed by atoms with Gasteiger partial charge in [0.1, 0.15) is 5.82 Å². The number of nitrogens with one attached hydrogen (secondary N) is 2. The second-order valence-electron chi connectivity index (χ2n) is 8.50. The molecule has 1 aromatic heterocycles. The van der Waals surface area contributed by atoms with Gasteiger partial charge < -0.3 is 10.3 Å². The molecule has 1 spiro atoms. The van der Waals surface area contributed by atoms with E-state index in [0.29, 0.717) is 0 Å². The van der Waals surface area contributed by atoms with Crippen molar-refractivity contribution in [3.05, 3.63) is 71.2 Å². The number of aryl methyl sites for hydroxylation is 1. The fraction of sp³-hybridized carbons (Fsp3) is 0.417. The molecule has 2 aliphatic carbocycles. The molecule has 0 saturated heterocycles. The van der Waals surface area contributed by atoms with Gasteiger partial charge >= 0.3 is 0 Å². The molecular formula is C24H27FN2. The van der Waals surface area contributed by atoms with Crippen LogP contribution in [-0.2, 0) is 17.4 Å². The van der Waals surface area contributed by atoms with Crippen molar-refractivity contribution in [1.82, 2.24) is 10.3 Å². The Hall–Kier alpha value is -2.13. The summed E-state index contributed by atoms with van der Waals surface area (Å²) in [6.07, 6.45) is 8.12. The fourth-order valence-corrected chi connectivity index (χ4v) is 5.76. The minimum absolute atomic E-state index is 0.0717. The summed E-state index contributed by atoms with van der Waals surface area (Å²) in [7, 11) is 2.10. The Bertz CT molecular complexity index is 965. The van der Waals surface area contributed by atoms with Crippen molar-refractivity contribution in [2.45, 2.75) is 55.9 Å². The second-order valence-corrected chi connectivity index (χ2v) is 8.50. The maximum atomic E-state index is 13.8. The highest BCUT2D eigenvalue weighted by atomic mass is 19.1. The van der Waals surface area contributed by atoms with Crippen molar-refractivity contribution in [2.75, 3.05) is 7.05 Å². The van der Waals surface area contributed by atoms with Gasteiger partial charge in [-0.15, -0.1) is 0 Å². The molecule has 2 nitrogen and oxygen atoms in total. The van der Waals surface area contributed by atoms with Crippen LogP contribution >= 0.6 is 0 Å². The molecule has 1 fully saturated rings. The van der Waals surface area contributed by atoms with Crippen LogP contribution in [0.5, 0.6) is 0 Å². The molecule has 2 N–H and O–H groups in total. The van der Waals surface area contributed by atoms with E-state index in [1.165, 1.54) is 42.5 Å². The first-order valence-corrected chi connectivity index (χ1v) is 10.2. The predicted molar refractivity (Wildman–Crippen MR) is 109 cm³/mol. The van der Waals surface area contributed by atoms with Crippen molar-refractivity contribution in [2.24, 2.45) is 0 Å². The van der Waals surface area contributed by atoms with Gasteiger partial charge in [-0.1, -0.05) is 30.3 Å². The molecule has 0 atom stereocenters. The number of rotatable bonds is 2. The van der Waals surface area contributed by atoms with E-state index in [0.717, 1.165) is 30.2 Å². The monoisotopic (exact) mass is 362 g/mol. The highest BCUT2D eigenvalue weighted by Crippen LogP contribution is 2.52. The van der Waals surface area contributed by atoms with Crippen LogP contribution in [0, 0.1) is 5.82 Å². The van der Waals surface area contributed by atoms with E-state index in [2.05, 4.69) is 47.7 Å². The van der Waals surface area contributed by atoms with Crippen LogP contribution in [0.15, 0.2) is 48.5 Å². The maximum absolute atomic E-state index is 13.8. The molecule has 2 aliphatic rings. The van der Waals surface area contributed by atoms with Gasteiger partial charge in [-0.3, -0.25) is 0 Å². The molecule has 3 aromatic rings. The predicted octanol–water partition coefficient (Wildman–Crippen LogP) is 5.57. The fourth-order valence-electron chi connectivity index (χ4n) is 5.76. The lowest BCUT2D eigenvalue weighted by atomic mass is 9.60. The van der Waals surface area contributed by atoms with Gasteiger partial charge in [0.2, 0.25) is 0 Å². The first kappa shape index (κ1) is 17.0. The number of H-pyrrole nitrogens is 1. The zero-order valence-electron chi connectivity index (χ0n) is 15.9. The van der Waals surface area contributed by atoms with Crippen molar-refractivity contribution in [1.29, 1.82) is 0 Å². The molecule has 140 valence electrons. The number of benzene rings is 2. The molecule has 27 heavy (non-hydrogen) atoms. The minimum atomic E-state index is -0.133. The molecule has 2 aromatic carbocycles. The number of hydrogen-bond acceptors (Lipinski definition) is 1. The third-order valence-corrected chi connectivity index (χ3v) is 7.35. The van der Waals surface area contributed by atoms with Crippen LogP contribution in [0.1, 0.15) is 55.3 Å². The van der Waals surface area contributed by atoms with Crippen LogP contribution < -0.4 is 5.32 Å². The van der Waals surface area contributed by atoms with Crippen LogP contribution in [0.2, 0.25) is 0 Å². The van der Waals surface area contributed by atoms with Gasteiger partial charge in [-0.05, 0) is 81.3 Å². The number of fused-ring (bicyclic) bond motifs is 4. The third-order valence-electron chi connectivity index (χ3n) is 7.35. The third kappa shape index (κ3) is 2.55. The Kier molecular flexibility index (Phi) is 3.90. The Labute approximate surface area is 160 Å². The standard InChI is InChI=1S/C24H27FN2/c1-26-24(17-6-3-2-4-7-17)14-12-23(13-15-24)11-5-8-19-20-16-18(25)9-10-21(20)27-22(19)23/h2-4,6-7,9-10,16,26-27H,5,8,11-15H2,1H3.